The van der Waals surface area contributed by atoms with Crippen LogP contribution in [0.1, 0.15) is 38.5 Å². The van der Waals surface area contributed by atoms with Gasteiger partial charge in [0, 0.05) is 0 Å². The van der Waals surface area contributed by atoms with Crippen LogP contribution < -0.4 is 0 Å². The van der Waals surface area contributed by atoms with Gasteiger partial charge in [0.2, 0.25) is 0 Å². The Hall–Kier alpha value is -0.790. The molecular formula is C10H16O2. The highest BCUT2D eigenvalue weighted by Gasteiger charge is 2.15. The molecule has 0 amide bonds. The van der Waals surface area contributed by atoms with Gasteiger partial charge >= 0.3 is 5.97 Å². The third kappa shape index (κ3) is 3.07. The van der Waals surface area contributed by atoms with E-state index in [2.05, 4.69) is 6.08 Å². The fourth-order valence-electron chi connectivity index (χ4n) is 1.55. The van der Waals surface area contributed by atoms with E-state index in [9.17, 15) is 4.79 Å². The summed E-state index contributed by atoms with van der Waals surface area (Å²) in [6, 6.07) is 0. The first kappa shape index (κ1) is 9.30. The largest absolute Gasteiger partial charge is 0.481 e. The second kappa shape index (κ2) is 4.96. The number of carboxylic acid groups (broad SMARTS) is 1. The lowest BCUT2D eigenvalue weighted by Gasteiger charge is -2.07. The van der Waals surface area contributed by atoms with Crippen LogP contribution in [0.5, 0.6) is 0 Å². The SMILES string of the molecule is O=C(O)C1C/C=C\CCCCC1. The van der Waals surface area contributed by atoms with Crippen molar-refractivity contribution in [3.05, 3.63) is 12.2 Å². The standard InChI is InChI=1S/C10H16O2/c11-10(12)9-7-5-3-1-2-4-6-8-9/h3,5,9H,1-2,4,6-8H2,(H,11,12)/b5-3-. The molecule has 1 aliphatic rings. The van der Waals surface area contributed by atoms with Gasteiger partial charge in [-0.2, -0.15) is 0 Å². The van der Waals surface area contributed by atoms with Gasteiger partial charge in [-0.3, -0.25) is 4.79 Å². The minimum Gasteiger partial charge on any atom is -0.481 e. The van der Waals surface area contributed by atoms with Crippen molar-refractivity contribution < 1.29 is 9.90 Å². The molecule has 0 heterocycles. The summed E-state index contributed by atoms with van der Waals surface area (Å²) >= 11 is 0. The van der Waals surface area contributed by atoms with Gasteiger partial charge in [0.25, 0.3) is 0 Å². The first-order valence-electron chi connectivity index (χ1n) is 4.68. The maximum Gasteiger partial charge on any atom is 0.306 e. The predicted molar refractivity (Wildman–Crippen MR) is 48.0 cm³/mol. The monoisotopic (exact) mass is 168 g/mol. The lowest BCUT2D eigenvalue weighted by atomic mass is 9.99. The lowest BCUT2D eigenvalue weighted by Crippen LogP contribution is -2.12. The molecule has 0 aromatic rings. The summed E-state index contributed by atoms with van der Waals surface area (Å²) in [5.74, 6) is -0.777. The third-order valence-corrected chi connectivity index (χ3v) is 2.36. The van der Waals surface area contributed by atoms with Crippen LogP contribution in [0.15, 0.2) is 12.2 Å². The Balaban J connectivity index is 2.44. The van der Waals surface area contributed by atoms with Crippen LogP contribution in [0.25, 0.3) is 0 Å². The second-order valence-corrected chi connectivity index (χ2v) is 3.38. The quantitative estimate of drug-likeness (QED) is 0.611. The van der Waals surface area contributed by atoms with Crippen LogP contribution in [0, 0.1) is 5.92 Å². The van der Waals surface area contributed by atoms with Crippen molar-refractivity contribution in [2.45, 2.75) is 38.5 Å². The lowest BCUT2D eigenvalue weighted by molar-refractivity contribution is -0.141. The van der Waals surface area contributed by atoms with Crippen molar-refractivity contribution >= 4 is 5.97 Å². The smallest absolute Gasteiger partial charge is 0.306 e. The first-order chi connectivity index (χ1) is 5.80. The molecular weight excluding hydrogens is 152 g/mol. The molecule has 1 atom stereocenters. The van der Waals surface area contributed by atoms with E-state index in [1.54, 1.807) is 0 Å². The molecule has 0 saturated carbocycles. The average molecular weight is 168 g/mol. The molecule has 1 aliphatic carbocycles. The van der Waals surface area contributed by atoms with Gasteiger partial charge in [-0.25, -0.2) is 0 Å². The van der Waals surface area contributed by atoms with E-state index in [0.29, 0.717) is 0 Å². The fraction of sp³-hybridized carbons (Fsp3) is 0.700. The van der Waals surface area contributed by atoms with E-state index in [1.165, 1.54) is 12.8 Å². The Bertz CT molecular complexity index is 173. The average Bonchev–Trinajstić information content (AvgIpc) is 2.15. The van der Waals surface area contributed by atoms with Gasteiger partial charge < -0.3 is 5.11 Å². The first-order valence-corrected chi connectivity index (χ1v) is 4.68. The number of allylic oxidation sites excluding steroid dienone is 2. The topological polar surface area (TPSA) is 37.3 Å². The molecule has 0 aromatic carbocycles. The normalized spacial score (nSPS) is 28.2. The summed E-state index contributed by atoms with van der Waals surface area (Å²) in [6.45, 7) is 0. The van der Waals surface area contributed by atoms with Crippen LogP contribution in [0.2, 0.25) is 0 Å². The highest BCUT2D eigenvalue weighted by Crippen LogP contribution is 2.17. The van der Waals surface area contributed by atoms with Crippen LogP contribution in [0.4, 0.5) is 0 Å². The summed E-state index contributed by atoms with van der Waals surface area (Å²) in [6.07, 6.45) is 10.3. The Morgan fingerprint density at radius 2 is 2.08 bits per heavy atom. The minimum absolute atomic E-state index is 0.139. The van der Waals surface area contributed by atoms with Gasteiger partial charge in [-0.15, -0.1) is 0 Å². The number of rotatable bonds is 1. The van der Waals surface area contributed by atoms with Gasteiger partial charge in [-0.05, 0) is 25.7 Å². The van der Waals surface area contributed by atoms with E-state index < -0.39 is 5.97 Å². The molecule has 0 saturated heterocycles. The molecule has 0 aliphatic heterocycles. The molecule has 1 unspecified atom stereocenters. The van der Waals surface area contributed by atoms with Gasteiger partial charge in [0.15, 0.2) is 0 Å². The molecule has 1 rings (SSSR count). The zero-order chi connectivity index (χ0) is 8.81. The summed E-state index contributed by atoms with van der Waals surface area (Å²) in [7, 11) is 0. The highest BCUT2D eigenvalue weighted by molar-refractivity contribution is 5.70. The van der Waals surface area contributed by atoms with Crippen molar-refractivity contribution in [1.29, 1.82) is 0 Å². The van der Waals surface area contributed by atoms with E-state index in [1.807, 2.05) is 6.08 Å². The van der Waals surface area contributed by atoms with Crippen LogP contribution in [-0.2, 0) is 4.79 Å². The van der Waals surface area contributed by atoms with Gasteiger partial charge in [-0.1, -0.05) is 25.0 Å². The third-order valence-electron chi connectivity index (χ3n) is 2.36. The summed E-state index contributed by atoms with van der Waals surface area (Å²) in [5.41, 5.74) is 0. The Labute approximate surface area is 73.3 Å². The second-order valence-electron chi connectivity index (χ2n) is 3.38. The van der Waals surface area contributed by atoms with Crippen molar-refractivity contribution in [3.63, 3.8) is 0 Å². The van der Waals surface area contributed by atoms with Crippen LogP contribution >= 0.6 is 0 Å². The van der Waals surface area contributed by atoms with Crippen molar-refractivity contribution in [1.82, 2.24) is 0 Å². The fourth-order valence-corrected chi connectivity index (χ4v) is 1.55. The number of carboxylic acids is 1. The highest BCUT2D eigenvalue weighted by atomic mass is 16.4. The maximum atomic E-state index is 10.7. The van der Waals surface area contributed by atoms with Crippen molar-refractivity contribution in [3.8, 4) is 0 Å². The molecule has 12 heavy (non-hydrogen) atoms. The number of hydrogen-bond donors (Lipinski definition) is 1. The minimum atomic E-state index is -0.637. The number of hydrogen-bond acceptors (Lipinski definition) is 1. The molecule has 0 spiro atoms. The van der Waals surface area contributed by atoms with Crippen molar-refractivity contribution in [2.24, 2.45) is 5.92 Å². The number of carbonyl (C=O) groups is 1. The Kier molecular flexibility index (Phi) is 3.85. The zero-order valence-electron chi connectivity index (χ0n) is 7.33. The van der Waals surface area contributed by atoms with Crippen LogP contribution in [0.3, 0.4) is 0 Å². The molecule has 0 radical (unpaired) electrons. The molecule has 0 bridgehead atoms. The summed E-state index contributed by atoms with van der Waals surface area (Å²) in [5, 5.41) is 8.81. The molecule has 0 aromatic heterocycles. The van der Waals surface area contributed by atoms with Gasteiger partial charge in [0.05, 0.1) is 5.92 Å². The van der Waals surface area contributed by atoms with E-state index >= 15 is 0 Å². The number of aliphatic carboxylic acids is 1. The van der Waals surface area contributed by atoms with Crippen molar-refractivity contribution in [2.75, 3.05) is 0 Å². The van der Waals surface area contributed by atoms with Crippen LogP contribution in [-0.4, -0.2) is 11.1 Å². The predicted octanol–water partition coefficient (Wildman–Crippen LogP) is 2.60. The molecule has 1 N–H and O–H groups in total. The summed E-state index contributed by atoms with van der Waals surface area (Å²) < 4.78 is 0. The van der Waals surface area contributed by atoms with E-state index in [4.69, 9.17) is 5.11 Å². The van der Waals surface area contributed by atoms with Gasteiger partial charge in [0.1, 0.15) is 0 Å². The maximum absolute atomic E-state index is 10.7. The molecule has 0 fully saturated rings. The molecule has 2 heteroatoms. The molecule has 68 valence electrons. The zero-order valence-corrected chi connectivity index (χ0v) is 7.33. The van der Waals surface area contributed by atoms with E-state index in [-0.39, 0.29) is 5.92 Å². The summed E-state index contributed by atoms with van der Waals surface area (Å²) in [4.78, 5) is 10.7. The van der Waals surface area contributed by atoms with E-state index in [0.717, 1.165) is 25.7 Å². The molecule has 2 nitrogen and oxygen atoms in total. The Morgan fingerprint density at radius 1 is 1.25 bits per heavy atom. The Morgan fingerprint density at radius 3 is 2.83 bits per heavy atom.